The number of likely N-dealkylation sites (tertiary alicyclic amines) is 1. The number of fused-ring (bicyclic) bond motifs is 1. The molecule has 1 N–H and O–H groups in total. The fraction of sp³-hybridized carbons (Fsp3) is 0.533. The van der Waals surface area contributed by atoms with E-state index in [2.05, 4.69) is 20.9 Å². The fourth-order valence-electron chi connectivity index (χ4n) is 2.91. The number of nitrogens with zero attached hydrogens (tertiary/aromatic N) is 2. The molecule has 0 amide bonds. The molecule has 0 saturated carbocycles. The minimum atomic E-state index is -0.228. The molecular formula is C15H20FN3. The van der Waals surface area contributed by atoms with Crippen LogP contribution in [0.2, 0.25) is 0 Å². The van der Waals surface area contributed by atoms with Gasteiger partial charge in [0.25, 0.3) is 0 Å². The third-order valence-corrected chi connectivity index (χ3v) is 4.03. The number of hydrogen-bond acceptors (Lipinski definition) is 2. The smallest absolute Gasteiger partial charge is 0.107 e. The molecule has 0 aliphatic carbocycles. The van der Waals surface area contributed by atoms with E-state index in [9.17, 15) is 4.39 Å². The van der Waals surface area contributed by atoms with Crippen LogP contribution in [0.25, 0.3) is 11.0 Å². The first-order valence-corrected chi connectivity index (χ1v) is 7.07. The highest BCUT2D eigenvalue weighted by Crippen LogP contribution is 2.21. The van der Waals surface area contributed by atoms with Crippen LogP contribution >= 0.6 is 0 Å². The first-order chi connectivity index (χ1) is 9.35. The molecule has 4 heteroatoms. The lowest BCUT2D eigenvalue weighted by molar-refractivity contribution is 0.171. The topological polar surface area (TPSA) is 31.9 Å². The molecule has 1 fully saturated rings. The van der Waals surface area contributed by atoms with Crippen LogP contribution in [-0.4, -0.2) is 41.2 Å². The van der Waals surface area contributed by atoms with Crippen LogP contribution in [0.4, 0.5) is 4.39 Å². The number of alkyl halides is 1. The van der Waals surface area contributed by atoms with Gasteiger partial charge < -0.3 is 9.88 Å². The summed E-state index contributed by atoms with van der Waals surface area (Å²) in [5.74, 6) is 1.77. The number of aromatic amines is 1. The molecule has 1 aliphatic heterocycles. The first-order valence-electron chi connectivity index (χ1n) is 7.07. The van der Waals surface area contributed by atoms with Gasteiger partial charge in [-0.3, -0.25) is 0 Å². The number of rotatable bonds is 4. The summed E-state index contributed by atoms with van der Waals surface area (Å²) in [6.45, 7) is 2.41. The monoisotopic (exact) mass is 261 g/mol. The summed E-state index contributed by atoms with van der Waals surface area (Å²) in [5.41, 5.74) is 2.17. The van der Waals surface area contributed by atoms with E-state index in [1.165, 1.54) is 0 Å². The van der Waals surface area contributed by atoms with E-state index in [-0.39, 0.29) is 6.67 Å². The second-order valence-corrected chi connectivity index (χ2v) is 5.38. The van der Waals surface area contributed by atoms with Crippen molar-refractivity contribution in [1.29, 1.82) is 0 Å². The van der Waals surface area contributed by atoms with Crippen LogP contribution in [0.5, 0.6) is 0 Å². The van der Waals surface area contributed by atoms with E-state index in [1.807, 2.05) is 18.2 Å². The summed E-state index contributed by atoms with van der Waals surface area (Å²) in [6, 6.07) is 8.15. The third kappa shape index (κ3) is 2.95. The van der Waals surface area contributed by atoms with Crippen molar-refractivity contribution in [2.45, 2.75) is 19.3 Å². The maximum Gasteiger partial charge on any atom is 0.107 e. The number of hydrogen-bond donors (Lipinski definition) is 1. The van der Waals surface area contributed by atoms with Crippen molar-refractivity contribution in [3.8, 4) is 0 Å². The lowest BCUT2D eigenvalue weighted by Gasteiger charge is -2.30. The van der Waals surface area contributed by atoms with E-state index in [1.54, 1.807) is 0 Å². The highest BCUT2D eigenvalue weighted by Gasteiger charge is 2.20. The van der Waals surface area contributed by atoms with Gasteiger partial charge in [-0.15, -0.1) is 0 Å². The molecule has 0 radical (unpaired) electrons. The normalized spacial score (nSPS) is 18.2. The number of benzene rings is 1. The highest BCUT2D eigenvalue weighted by atomic mass is 19.1. The molecule has 1 saturated heterocycles. The van der Waals surface area contributed by atoms with Gasteiger partial charge in [-0.2, -0.15) is 0 Å². The second kappa shape index (κ2) is 5.70. The van der Waals surface area contributed by atoms with E-state index in [0.717, 1.165) is 49.2 Å². The molecule has 0 spiro atoms. The van der Waals surface area contributed by atoms with Gasteiger partial charge in [0, 0.05) is 13.0 Å². The van der Waals surface area contributed by atoms with Crippen LogP contribution in [0, 0.1) is 5.92 Å². The zero-order chi connectivity index (χ0) is 13.1. The molecule has 0 unspecified atom stereocenters. The largest absolute Gasteiger partial charge is 0.342 e. The van der Waals surface area contributed by atoms with Crippen LogP contribution in [0.3, 0.4) is 0 Å². The SMILES string of the molecule is FCCN1CCC(Cc2nc3ccccc3[nH]2)CC1. The predicted octanol–water partition coefficient (Wildman–Crippen LogP) is 2.79. The summed E-state index contributed by atoms with van der Waals surface area (Å²) in [5, 5.41) is 0. The van der Waals surface area contributed by atoms with Gasteiger partial charge in [0.1, 0.15) is 12.5 Å². The minimum Gasteiger partial charge on any atom is -0.342 e. The van der Waals surface area contributed by atoms with Crippen molar-refractivity contribution < 1.29 is 4.39 Å². The summed E-state index contributed by atoms with van der Waals surface area (Å²) >= 11 is 0. The van der Waals surface area contributed by atoms with Crippen molar-refractivity contribution in [1.82, 2.24) is 14.9 Å². The average Bonchev–Trinajstić information content (AvgIpc) is 2.83. The Hall–Kier alpha value is -1.42. The Morgan fingerprint density at radius 2 is 2.05 bits per heavy atom. The lowest BCUT2D eigenvalue weighted by Crippen LogP contribution is -2.35. The molecule has 1 aliphatic rings. The van der Waals surface area contributed by atoms with Gasteiger partial charge in [0.2, 0.25) is 0 Å². The average molecular weight is 261 g/mol. The van der Waals surface area contributed by atoms with Crippen LogP contribution < -0.4 is 0 Å². The predicted molar refractivity (Wildman–Crippen MR) is 74.9 cm³/mol. The molecule has 102 valence electrons. The van der Waals surface area contributed by atoms with Crippen LogP contribution in [-0.2, 0) is 6.42 Å². The third-order valence-electron chi connectivity index (χ3n) is 4.03. The molecule has 3 nitrogen and oxygen atoms in total. The van der Waals surface area contributed by atoms with Crippen molar-refractivity contribution in [3.63, 3.8) is 0 Å². The van der Waals surface area contributed by atoms with Crippen LogP contribution in [0.1, 0.15) is 18.7 Å². The summed E-state index contributed by atoms with van der Waals surface area (Å²) < 4.78 is 12.3. The summed E-state index contributed by atoms with van der Waals surface area (Å²) in [4.78, 5) is 10.2. The minimum absolute atomic E-state index is 0.228. The molecule has 2 heterocycles. The van der Waals surface area contributed by atoms with Crippen molar-refractivity contribution in [2.24, 2.45) is 5.92 Å². The summed E-state index contributed by atoms with van der Waals surface area (Å²) in [6.07, 6.45) is 3.31. The molecular weight excluding hydrogens is 241 g/mol. The lowest BCUT2D eigenvalue weighted by atomic mass is 9.93. The van der Waals surface area contributed by atoms with Gasteiger partial charge in [-0.05, 0) is 44.0 Å². The molecule has 3 rings (SSSR count). The van der Waals surface area contributed by atoms with E-state index < -0.39 is 0 Å². The van der Waals surface area contributed by atoms with Crippen molar-refractivity contribution in [2.75, 3.05) is 26.3 Å². The number of imidazole rings is 1. The van der Waals surface area contributed by atoms with Crippen molar-refractivity contribution >= 4 is 11.0 Å². The Bertz CT molecular complexity index is 496. The second-order valence-electron chi connectivity index (χ2n) is 5.38. The quantitative estimate of drug-likeness (QED) is 0.917. The molecule has 1 aromatic carbocycles. The Morgan fingerprint density at radius 1 is 1.26 bits per heavy atom. The van der Waals surface area contributed by atoms with E-state index in [0.29, 0.717) is 12.5 Å². The Morgan fingerprint density at radius 3 is 2.79 bits per heavy atom. The number of nitrogens with one attached hydrogen (secondary N) is 1. The number of halogens is 1. The van der Waals surface area contributed by atoms with Gasteiger partial charge in [-0.1, -0.05) is 12.1 Å². The highest BCUT2D eigenvalue weighted by molar-refractivity contribution is 5.74. The standard InChI is InChI=1S/C15H20FN3/c16-7-10-19-8-5-12(6-9-19)11-15-17-13-3-1-2-4-14(13)18-15/h1-4,12H,5-11H2,(H,17,18). The molecule has 0 bridgehead atoms. The zero-order valence-electron chi connectivity index (χ0n) is 11.1. The maximum atomic E-state index is 12.3. The van der Waals surface area contributed by atoms with Gasteiger partial charge in [-0.25, -0.2) is 9.37 Å². The fourth-order valence-corrected chi connectivity index (χ4v) is 2.91. The van der Waals surface area contributed by atoms with E-state index >= 15 is 0 Å². The van der Waals surface area contributed by atoms with E-state index in [4.69, 9.17) is 0 Å². The maximum absolute atomic E-state index is 12.3. The summed E-state index contributed by atoms with van der Waals surface area (Å²) in [7, 11) is 0. The Labute approximate surface area is 112 Å². The molecule has 2 aromatic rings. The zero-order valence-corrected chi connectivity index (χ0v) is 11.1. The van der Waals surface area contributed by atoms with Gasteiger partial charge >= 0.3 is 0 Å². The number of para-hydroxylation sites is 2. The molecule has 19 heavy (non-hydrogen) atoms. The van der Waals surface area contributed by atoms with Crippen molar-refractivity contribution in [3.05, 3.63) is 30.1 Å². The number of piperidine rings is 1. The molecule has 1 aromatic heterocycles. The van der Waals surface area contributed by atoms with Gasteiger partial charge in [0.05, 0.1) is 11.0 Å². The number of aromatic nitrogens is 2. The first kappa shape index (κ1) is 12.6. The van der Waals surface area contributed by atoms with Crippen LogP contribution in [0.15, 0.2) is 24.3 Å². The Kier molecular flexibility index (Phi) is 3.78. The Balaban J connectivity index is 1.60. The van der Waals surface area contributed by atoms with Gasteiger partial charge in [0.15, 0.2) is 0 Å². The molecule has 0 atom stereocenters. The number of H-pyrrole nitrogens is 1.